The minimum atomic E-state index is -1.34. The van der Waals surface area contributed by atoms with Crippen LogP contribution in [0.5, 0.6) is 0 Å². The number of hydrogen-bond donors (Lipinski definition) is 1. The number of nitrogens with one attached hydrogen (secondary N) is 1. The molecule has 0 aromatic heterocycles. The van der Waals surface area contributed by atoms with Crippen LogP contribution in [0.3, 0.4) is 0 Å². The van der Waals surface area contributed by atoms with Gasteiger partial charge in [0.25, 0.3) is 0 Å². The molecule has 3 aromatic rings. The van der Waals surface area contributed by atoms with E-state index in [1.54, 1.807) is 6.07 Å². The second-order valence-electron chi connectivity index (χ2n) is 5.34. The minimum Gasteiger partial charge on any atom is -0.545 e. The molecular formula is C19H13BrNO3-. The van der Waals surface area contributed by atoms with Gasteiger partial charge < -0.3 is 15.2 Å². The van der Waals surface area contributed by atoms with E-state index >= 15 is 0 Å². The Morgan fingerprint density at radius 3 is 2.54 bits per heavy atom. The van der Waals surface area contributed by atoms with Crippen LogP contribution in [0.25, 0.3) is 10.8 Å². The van der Waals surface area contributed by atoms with Crippen molar-refractivity contribution in [1.82, 2.24) is 0 Å². The van der Waals surface area contributed by atoms with Crippen LogP contribution in [0.15, 0.2) is 65.1 Å². The summed E-state index contributed by atoms with van der Waals surface area (Å²) in [6.45, 7) is 0. The minimum absolute atomic E-state index is 0.0596. The molecule has 0 saturated heterocycles. The average Bonchev–Trinajstić information content (AvgIpc) is 2.56. The van der Waals surface area contributed by atoms with Gasteiger partial charge in [-0.1, -0.05) is 58.4 Å². The fraction of sp³-hybridized carbons (Fsp3) is 0.0526. The van der Waals surface area contributed by atoms with Crippen molar-refractivity contribution in [2.75, 3.05) is 5.32 Å². The van der Waals surface area contributed by atoms with Gasteiger partial charge in [-0.25, -0.2) is 0 Å². The maximum absolute atomic E-state index is 12.3. The first-order valence-corrected chi connectivity index (χ1v) is 8.11. The fourth-order valence-corrected chi connectivity index (χ4v) is 2.97. The molecular weight excluding hydrogens is 370 g/mol. The monoisotopic (exact) mass is 382 g/mol. The van der Waals surface area contributed by atoms with Gasteiger partial charge in [0.2, 0.25) is 5.91 Å². The van der Waals surface area contributed by atoms with Gasteiger partial charge >= 0.3 is 0 Å². The van der Waals surface area contributed by atoms with Crippen LogP contribution in [0.1, 0.15) is 15.9 Å². The highest BCUT2D eigenvalue weighted by Gasteiger charge is 2.11. The van der Waals surface area contributed by atoms with Crippen LogP contribution < -0.4 is 10.4 Å². The molecule has 0 unspecified atom stereocenters. The van der Waals surface area contributed by atoms with Crippen LogP contribution in [-0.2, 0) is 11.2 Å². The SMILES string of the molecule is O=C(Cc1cccc2ccccc12)Nc1ccc(Br)cc1C(=O)[O-]. The largest absolute Gasteiger partial charge is 0.545 e. The number of carbonyl (C=O) groups is 2. The molecule has 0 heterocycles. The summed E-state index contributed by atoms with van der Waals surface area (Å²) in [5, 5.41) is 15.9. The van der Waals surface area contributed by atoms with Crippen molar-refractivity contribution < 1.29 is 14.7 Å². The van der Waals surface area contributed by atoms with Crippen LogP contribution >= 0.6 is 15.9 Å². The summed E-state index contributed by atoms with van der Waals surface area (Å²) >= 11 is 3.21. The zero-order valence-corrected chi connectivity index (χ0v) is 14.2. The quantitative estimate of drug-likeness (QED) is 0.753. The van der Waals surface area contributed by atoms with E-state index in [-0.39, 0.29) is 23.6 Å². The first-order chi connectivity index (χ1) is 11.5. The maximum Gasteiger partial charge on any atom is 0.228 e. The molecule has 0 fully saturated rings. The third kappa shape index (κ3) is 3.46. The van der Waals surface area contributed by atoms with Gasteiger partial charge in [0.05, 0.1) is 12.4 Å². The van der Waals surface area contributed by atoms with Crippen LogP contribution in [-0.4, -0.2) is 11.9 Å². The number of hydrogen-bond acceptors (Lipinski definition) is 3. The summed E-state index contributed by atoms with van der Waals surface area (Å²) in [5.74, 6) is -1.62. The number of benzene rings is 3. The normalized spacial score (nSPS) is 10.5. The lowest BCUT2D eigenvalue weighted by atomic mass is 10.0. The Bertz CT molecular complexity index is 932. The Hall–Kier alpha value is -2.66. The smallest absolute Gasteiger partial charge is 0.228 e. The lowest BCUT2D eigenvalue weighted by molar-refractivity contribution is -0.254. The van der Waals surface area contributed by atoms with Crippen molar-refractivity contribution in [2.45, 2.75) is 6.42 Å². The van der Waals surface area contributed by atoms with Gasteiger partial charge in [-0.15, -0.1) is 0 Å². The number of anilines is 1. The number of halogens is 1. The highest BCUT2D eigenvalue weighted by molar-refractivity contribution is 9.10. The maximum atomic E-state index is 12.3. The van der Waals surface area contributed by atoms with Crippen LogP contribution in [0.4, 0.5) is 5.69 Å². The van der Waals surface area contributed by atoms with Crippen molar-refractivity contribution in [3.8, 4) is 0 Å². The Morgan fingerprint density at radius 2 is 1.75 bits per heavy atom. The molecule has 0 atom stereocenters. The van der Waals surface area contributed by atoms with Crippen molar-refractivity contribution >= 4 is 44.3 Å². The third-order valence-corrected chi connectivity index (χ3v) is 4.20. The molecule has 0 bridgehead atoms. The van der Waals surface area contributed by atoms with Crippen molar-refractivity contribution in [3.05, 3.63) is 76.3 Å². The number of fused-ring (bicyclic) bond motifs is 1. The van der Waals surface area contributed by atoms with Gasteiger partial charge in [-0.05, 0) is 34.5 Å². The number of carbonyl (C=O) groups excluding carboxylic acids is 2. The number of rotatable bonds is 4. The summed E-state index contributed by atoms with van der Waals surface area (Å²) < 4.78 is 0.605. The summed E-state index contributed by atoms with van der Waals surface area (Å²) in [6, 6.07) is 18.2. The zero-order chi connectivity index (χ0) is 17.1. The predicted octanol–water partition coefficient (Wildman–Crippen LogP) is 3.15. The zero-order valence-electron chi connectivity index (χ0n) is 12.6. The molecule has 0 saturated carbocycles. The number of carboxylic acids is 1. The highest BCUT2D eigenvalue weighted by Crippen LogP contribution is 2.22. The summed E-state index contributed by atoms with van der Waals surface area (Å²) in [5.41, 5.74) is 1.05. The Labute approximate surface area is 147 Å². The summed E-state index contributed by atoms with van der Waals surface area (Å²) in [7, 11) is 0. The molecule has 120 valence electrons. The molecule has 3 aromatic carbocycles. The lowest BCUT2D eigenvalue weighted by Crippen LogP contribution is -2.25. The molecule has 5 heteroatoms. The van der Waals surface area contributed by atoms with Gasteiger partial charge in [-0.2, -0.15) is 0 Å². The van der Waals surface area contributed by atoms with E-state index in [1.807, 2.05) is 42.5 Å². The molecule has 1 amide bonds. The highest BCUT2D eigenvalue weighted by atomic mass is 79.9. The van der Waals surface area contributed by atoms with E-state index in [0.717, 1.165) is 16.3 Å². The van der Waals surface area contributed by atoms with E-state index in [1.165, 1.54) is 12.1 Å². The second-order valence-corrected chi connectivity index (χ2v) is 6.26. The first kappa shape index (κ1) is 16.2. The third-order valence-electron chi connectivity index (χ3n) is 3.71. The molecule has 3 rings (SSSR count). The molecule has 0 spiro atoms. The molecule has 1 N–H and O–H groups in total. The van der Waals surface area contributed by atoms with Crippen molar-refractivity contribution in [3.63, 3.8) is 0 Å². The van der Waals surface area contributed by atoms with Crippen molar-refractivity contribution in [2.24, 2.45) is 0 Å². The molecule has 0 radical (unpaired) electrons. The number of carboxylic acid groups (broad SMARTS) is 1. The Balaban J connectivity index is 1.85. The van der Waals surface area contributed by atoms with E-state index in [0.29, 0.717) is 4.47 Å². The lowest BCUT2D eigenvalue weighted by Gasteiger charge is -2.13. The van der Waals surface area contributed by atoms with E-state index < -0.39 is 5.97 Å². The molecule has 0 aliphatic rings. The molecule has 0 aliphatic carbocycles. The Kier molecular flexibility index (Phi) is 4.62. The Morgan fingerprint density at radius 1 is 1.00 bits per heavy atom. The predicted molar refractivity (Wildman–Crippen MR) is 94.8 cm³/mol. The standard InChI is InChI=1S/C19H14BrNO3/c20-14-8-9-17(16(11-14)19(23)24)21-18(22)10-13-6-3-5-12-4-1-2-7-15(12)13/h1-9,11H,10H2,(H,21,22)(H,23,24)/p-1. The number of amides is 1. The van der Waals surface area contributed by atoms with E-state index in [2.05, 4.69) is 21.2 Å². The van der Waals surface area contributed by atoms with Crippen LogP contribution in [0, 0.1) is 0 Å². The summed E-state index contributed by atoms with van der Waals surface area (Å²) in [6.07, 6.45) is 0.157. The van der Waals surface area contributed by atoms with Gasteiger partial charge in [0.15, 0.2) is 0 Å². The fourth-order valence-electron chi connectivity index (χ4n) is 2.61. The van der Waals surface area contributed by atoms with Gasteiger partial charge in [0, 0.05) is 15.7 Å². The molecule has 0 aliphatic heterocycles. The first-order valence-electron chi connectivity index (χ1n) is 7.32. The van der Waals surface area contributed by atoms with Crippen molar-refractivity contribution in [1.29, 1.82) is 0 Å². The number of aromatic carboxylic acids is 1. The topological polar surface area (TPSA) is 69.2 Å². The van der Waals surface area contributed by atoms with Gasteiger partial charge in [0.1, 0.15) is 0 Å². The molecule has 4 nitrogen and oxygen atoms in total. The summed E-state index contributed by atoms with van der Waals surface area (Å²) in [4.78, 5) is 23.6. The average molecular weight is 383 g/mol. The van der Waals surface area contributed by atoms with E-state index in [9.17, 15) is 14.7 Å². The van der Waals surface area contributed by atoms with Crippen LogP contribution in [0.2, 0.25) is 0 Å². The van der Waals surface area contributed by atoms with Gasteiger partial charge in [-0.3, -0.25) is 4.79 Å². The molecule has 24 heavy (non-hydrogen) atoms. The van der Waals surface area contributed by atoms with E-state index in [4.69, 9.17) is 0 Å². The second kappa shape index (κ2) is 6.84.